The summed E-state index contributed by atoms with van der Waals surface area (Å²) >= 11 is 1.28. The first-order chi connectivity index (χ1) is 9.70. The molecule has 0 aliphatic heterocycles. The quantitative estimate of drug-likeness (QED) is 0.828. The van der Waals surface area contributed by atoms with E-state index in [1.807, 2.05) is 6.92 Å². The van der Waals surface area contributed by atoms with Gasteiger partial charge in [-0.2, -0.15) is 0 Å². The molecule has 1 aromatic carbocycles. The predicted octanol–water partition coefficient (Wildman–Crippen LogP) is 3.45. The molecular weight excluding hydrogens is 277 g/mol. The number of hydrogen-bond acceptors (Lipinski definition) is 4. The van der Waals surface area contributed by atoms with Crippen molar-refractivity contribution in [2.45, 2.75) is 17.9 Å². The van der Waals surface area contributed by atoms with Crippen LogP contribution < -0.4 is 4.74 Å². The number of pyridine rings is 1. The molecular formula is C15H16FNO2S. The molecule has 0 radical (unpaired) electrons. The zero-order valence-corrected chi connectivity index (χ0v) is 11.9. The largest absolute Gasteiger partial charge is 0.492 e. The molecule has 20 heavy (non-hydrogen) atoms. The van der Waals surface area contributed by atoms with E-state index >= 15 is 0 Å². The number of thioether (sulfide) groups is 1. The number of ether oxygens (including phenoxy) is 1. The van der Waals surface area contributed by atoms with E-state index < -0.39 is 6.10 Å². The van der Waals surface area contributed by atoms with E-state index in [4.69, 9.17) is 4.74 Å². The van der Waals surface area contributed by atoms with Gasteiger partial charge in [0.15, 0.2) is 0 Å². The SMILES string of the molecule is CCOc1cncc(C(O)CSc2ccccc2F)c1. The molecule has 1 aromatic heterocycles. The maximum Gasteiger partial charge on any atom is 0.137 e. The van der Waals surface area contributed by atoms with Gasteiger partial charge in [-0.15, -0.1) is 11.8 Å². The van der Waals surface area contributed by atoms with E-state index in [0.717, 1.165) is 0 Å². The van der Waals surface area contributed by atoms with Crippen LogP contribution in [0.2, 0.25) is 0 Å². The molecule has 0 amide bonds. The number of rotatable bonds is 6. The Labute approximate surface area is 121 Å². The van der Waals surface area contributed by atoms with Gasteiger partial charge in [0.2, 0.25) is 0 Å². The van der Waals surface area contributed by atoms with Crippen molar-refractivity contribution in [2.75, 3.05) is 12.4 Å². The maximum atomic E-state index is 13.5. The summed E-state index contributed by atoms with van der Waals surface area (Å²) in [5.41, 5.74) is 0.666. The van der Waals surface area contributed by atoms with Crippen molar-refractivity contribution in [1.82, 2.24) is 4.98 Å². The van der Waals surface area contributed by atoms with E-state index in [0.29, 0.717) is 28.6 Å². The van der Waals surface area contributed by atoms with Crippen molar-refractivity contribution in [2.24, 2.45) is 0 Å². The van der Waals surface area contributed by atoms with E-state index in [1.54, 1.807) is 36.7 Å². The summed E-state index contributed by atoms with van der Waals surface area (Å²) in [4.78, 5) is 4.56. The Morgan fingerprint density at radius 3 is 2.90 bits per heavy atom. The van der Waals surface area contributed by atoms with Crippen molar-refractivity contribution in [1.29, 1.82) is 0 Å². The van der Waals surface area contributed by atoms with Crippen LogP contribution in [0.1, 0.15) is 18.6 Å². The number of aliphatic hydroxyl groups is 1. The van der Waals surface area contributed by atoms with Crippen LogP contribution in [-0.2, 0) is 0 Å². The van der Waals surface area contributed by atoms with Crippen LogP contribution >= 0.6 is 11.8 Å². The third-order valence-electron chi connectivity index (χ3n) is 2.66. The van der Waals surface area contributed by atoms with Gasteiger partial charge in [-0.3, -0.25) is 4.98 Å². The summed E-state index contributed by atoms with van der Waals surface area (Å²) in [6.45, 7) is 2.43. The lowest BCUT2D eigenvalue weighted by Gasteiger charge is -2.12. The van der Waals surface area contributed by atoms with Crippen LogP contribution in [0.15, 0.2) is 47.6 Å². The van der Waals surface area contributed by atoms with Crippen molar-refractivity contribution >= 4 is 11.8 Å². The molecule has 1 N–H and O–H groups in total. The second-order valence-electron chi connectivity index (χ2n) is 4.14. The fourth-order valence-electron chi connectivity index (χ4n) is 1.69. The third kappa shape index (κ3) is 3.95. The summed E-state index contributed by atoms with van der Waals surface area (Å²) < 4.78 is 18.8. The monoisotopic (exact) mass is 293 g/mol. The van der Waals surface area contributed by atoms with Crippen molar-refractivity contribution in [3.05, 3.63) is 54.1 Å². The molecule has 0 bridgehead atoms. The normalized spacial score (nSPS) is 12.2. The maximum absolute atomic E-state index is 13.5. The second kappa shape index (κ2) is 7.26. The Bertz CT molecular complexity index is 565. The Morgan fingerprint density at radius 2 is 2.15 bits per heavy atom. The Morgan fingerprint density at radius 1 is 1.35 bits per heavy atom. The summed E-state index contributed by atoms with van der Waals surface area (Å²) in [7, 11) is 0. The van der Waals surface area contributed by atoms with Gasteiger partial charge >= 0.3 is 0 Å². The van der Waals surface area contributed by atoms with Gasteiger partial charge in [0, 0.05) is 22.4 Å². The highest BCUT2D eigenvalue weighted by Crippen LogP contribution is 2.27. The van der Waals surface area contributed by atoms with Crippen LogP contribution in [0.4, 0.5) is 4.39 Å². The van der Waals surface area contributed by atoms with Crippen molar-refractivity contribution in [3.63, 3.8) is 0 Å². The minimum Gasteiger partial charge on any atom is -0.492 e. The summed E-state index contributed by atoms with van der Waals surface area (Å²) in [6.07, 6.45) is 2.48. The average Bonchev–Trinajstić information content (AvgIpc) is 2.47. The first kappa shape index (κ1) is 14.8. The van der Waals surface area contributed by atoms with Gasteiger partial charge in [-0.25, -0.2) is 4.39 Å². The number of aliphatic hydroxyl groups excluding tert-OH is 1. The molecule has 0 saturated heterocycles. The first-order valence-corrected chi connectivity index (χ1v) is 7.32. The molecule has 2 aromatic rings. The smallest absolute Gasteiger partial charge is 0.137 e. The number of hydrogen-bond donors (Lipinski definition) is 1. The zero-order chi connectivity index (χ0) is 14.4. The minimum atomic E-state index is -0.715. The Kier molecular flexibility index (Phi) is 5.38. The van der Waals surface area contributed by atoms with E-state index in [1.165, 1.54) is 17.8 Å². The standard InChI is InChI=1S/C15H16FNO2S/c1-2-19-12-7-11(8-17-9-12)14(18)10-20-15-6-4-3-5-13(15)16/h3-9,14,18H,2,10H2,1H3. The average molecular weight is 293 g/mol. The molecule has 5 heteroatoms. The van der Waals surface area contributed by atoms with Crippen molar-refractivity contribution in [3.8, 4) is 5.75 Å². The molecule has 106 valence electrons. The molecule has 1 unspecified atom stereocenters. The predicted molar refractivity (Wildman–Crippen MR) is 77.5 cm³/mol. The molecule has 1 atom stereocenters. The van der Waals surface area contributed by atoms with Crippen LogP contribution in [0.25, 0.3) is 0 Å². The van der Waals surface area contributed by atoms with Crippen LogP contribution in [-0.4, -0.2) is 22.5 Å². The highest BCUT2D eigenvalue weighted by Gasteiger charge is 2.11. The van der Waals surface area contributed by atoms with Gasteiger partial charge in [0.05, 0.1) is 18.9 Å². The van der Waals surface area contributed by atoms with Crippen LogP contribution in [0.5, 0.6) is 5.75 Å². The molecule has 0 saturated carbocycles. The van der Waals surface area contributed by atoms with Gasteiger partial charge in [0.25, 0.3) is 0 Å². The lowest BCUT2D eigenvalue weighted by Crippen LogP contribution is -2.02. The second-order valence-corrected chi connectivity index (χ2v) is 5.21. The third-order valence-corrected chi connectivity index (χ3v) is 3.79. The van der Waals surface area contributed by atoms with Crippen LogP contribution in [0, 0.1) is 5.82 Å². The molecule has 3 nitrogen and oxygen atoms in total. The number of benzene rings is 1. The topological polar surface area (TPSA) is 42.4 Å². The number of halogens is 1. The summed E-state index contributed by atoms with van der Waals surface area (Å²) in [5.74, 6) is 0.712. The Hall–Kier alpha value is -1.59. The number of nitrogens with zero attached hydrogens (tertiary/aromatic N) is 1. The van der Waals surface area contributed by atoms with E-state index in [2.05, 4.69) is 4.98 Å². The Balaban J connectivity index is 1.99. The molecule has 2 rings (SSSR count). The van der Waals surface area contributed by atoms with Gasteiger partial charge in [-0.05, 0) is 25.1 Å². The van der Waals surface area contributed by atoms with Crippen molar-refractivity contribution < 1.29 is 14.2 Å². The molecule has 0 fully saturated rings. The van der Waals surface area contributed by atoms with Crippen LogP contribution in [0.3, 0.4) is 0 Å². The molecule has 1 heterocycles. The molecule has 0 aliphatic rings. The highest BCUT2D eigenvalue weighted by atomic mass is 32.2. The fraction of sp³-hybridized carbons (Fsp3) is 0.267. The lowest BCUT2D eigenvalue weighted by atomic mass is 10.2. The van der Waals surface area contributed by atoms with Gasteiger partial charge in [-0.1, -0.05) is 12.1 Å². The first-order valence-electron chi connectivity index (χ1n) is 6.34. The van der Waals surface area contributed by atoms with E-state index in [-0.39, 0.29) is 5.82 Å². The highest BCUT2D eigenvalue weighted by molar-refractivity contribution is 7.99. The summed E-state index contributed by atoms with van der Waals surface area (Å²) in [6, 6.07) is 8.27. The van der Waals surface area contributed by atoms with E-state index in [9.17, 15) is 9.50 Å². The fourth-order valence-corrected chi connectivity index (χ4v) is 2.60. The minimum absolute atomic E-state index is 0.272. The zero-order valence-electron chi connectivity index (χ0n) is 11.1. The molecule has 0 spiro atoms. The molecule has 0 aliphatic carbocycles. The lowest BCUT2D eigenvalue weighted by molar-refractivity contribution is 0.203. The summed E-state index contributed by atoms with van der Waals surface area (Å²) in [5, 5.41) is 10.1. The number of aromatic nitrogens is 1. The van der Waals surface area contributed by atoms with Gasteiger partial charge in [0.1, 0.15) is 11.6 Å². The van der Waals surface area contributed by atoms with Gasteiger partial charge < -0.3 is 9.84 Å².